The number of carbonyl (C=O) groups excluding carboxylic acids is 1. The Kier molecular flexibility index (Phi) is 7.13. The summed E-state index contributed by atoms with van der Waals surface area (Å²) in [4.78, 5) is 28.2. The van der Waals surface area contributed by atoms with Crippen molar-refractivity contribution in [2.75, 3.05) is 0 Å². The number of rotatable bonds is 8. The largest absolute Gasteiger partial charge is 0.507 e. The SMILES string of the molecule is O=C(Cc1ccc(N=Cc2ccccc2O)cc1)N[C@@H](C(=O)O)[C@H](O)c1ccccc1. The van der Waals surface area contributed by atoms with E-state index in [0.29, 0.717) is 22.4 Å². The van der Waals surface area contributed by atoms with Gasteiger partial charge in [-0.2, -0.15) is 0 Å². The lowest BCUT2D eigenvalue weighted by Crippen LogP contribution is -2.45. The van der Waals surface area contributed by atoms with Crippen LogP contribution in [0.1, 0.15) is 22.8 Å². The highest BCUT2D eigenvalue weighted by Gasteiger charge is 2.29. The summed E-state index contributed by atoms with van der Waals surface area (Å²) in [6, 6.07) is 20.5. The van der Waals surface area contributed by atoms with Gasteiger partial charge in [0.25, 0.3) is 0 Å². The topological polar surface area (TPSA) is 119 Å². The lowest BCUT2D eigenvalue weighted by molar-refractivity contribution is -0.145. The van der Waals surface area contributed by atoms with E-state index in [2.05, 4.69) is 10.3 Å². The summed E-state index contributed by atoms with van der Waals surface area (Å²) in [6.45, 7) is 0. The number of aliphatic hydroxyl groups is 1. The first-order valence-electron chi connectivity index (χ1n) is 9.60. The van der Waals surface area contributed by atoms with E-state index in [1.54, 1.807) is 85.1 Å². The van der Waals surface area contributed by atoms with Gasteiger partial charge in [-0.1, -0.05) is 54.6 Å². The van der Waals surface area contributed by atoms with E-state index in [0.717, 1.165) is 0 Å². The number of aliphatic carboxylic acids is 1. The molecule has 0 aromatic heterocycles. The number of carbonyl (C=O) groups is 2. The molecule has 3 aromatic rings. The maximum atomic E-state index is 12.4. The predicted molar refractivity (Wildman–Crippen MR) is 116 cm³/mol. The molecule has 1 amide bonds. The number of para-hydroxylation sites is 1. The number of amides is 1. The lowest BCUT2D eigenvalue weighted by Gasteiger charge is -2.20. The first-order valence-corrected chi connectivity index (χ1v) is 9.60. The van der Waals surface area contributed by atoms with E-state index in [9.17, 15) is 24.9 Å². The van der Waals surface area contributed by atoms with Gasteiger partial charge in [0.2, 0.25) is 5.91 Å². The molecule has 0 saturated carbocycles. The van der Waals surface area contributed by atoms with Crippen LogP contribution in [0, 0.1) is 0 Å². The highest BCUT2D eigenvalue weighted by molar-refractivity contribution is 5.86. The fourth-order valence-corrected chi connectivity index (χ4v) is 2.97. The van der Waals surface area contributed by atoms with Gasteiger partial charge in [0.15, 0.2) is 6.04 Å². The zero-order valence-electron chi connectivity index (χ0n) is 16.6. The van der Waals surface area contributed by atoms with E-state index >= 15 is 0 Å². The molecule has 0 aliphatic carbocycles. The first kappa shape index (κ1) is 21.7. The van der Waals surface area contributed by atoms with Crippen LogP contribution < -0.4 is 5.32 Å². The van der Waals surface area contributed by atoms with Crippen LogP contribution in [0.25, 0.3) is 0 Å². The van der Waals surface area contributed by atoms with Gasteiger partial charge in [-0.05, 0) is 35.4 Å². The summed E-state index contributed by atoms with van der Waals surface area (Å²) in [6.07, 6.45) is 0.127. The molecule has 2 atom stereocenters. The molecule has 0 fully saturated rings. The van der Waals surface area contributed by atoms with Crippen LogP contribution in [-0.4, -0.2) is 39.5 Å². The van der Waals surface area contributed by atoms with Crippen LogP contribution in [0.5, 0.6) is 5.75 Å². The molecule has 0 aliphatic heterocycles. The molecule has 3 rings (SSSR count). The number of phenolic OH excluding ortho intramolecular Hbond substituents is 1. The maximum Gasteiger partial charge on any atom is 0.329 e. The Labute approximate surface area is 179 Å². The maximum absolute atomic E-state index is 12.4. The van der Waals surface area contributed by atoms with E-state index in [1.807, 2.05) is 0 Å². The molecule has 31 heavy (non-hydrogen) atoms. The van der Waals surface area contributed by atoms with E-state index < -0.39 is 24.0 Å². The number of nitrogens with one attached hydrogen (secondary N) is 1. The standard InChI is InChI=1S/C24H22N2O5/c27-20-9-5-4-8-18(20)15-25-19-12-10-16(11-13-19)14-21(28)26-22(24(30)31)23(29)17-6-2-1-3-7-17/h1-13,15,22-23,27,29H,14H2,(H,26,28)(H,30,31)/t22-,23-/m1/s1. The molecule has 7 heteroatoms. The second kappa shape index (κ2) is 10.2. The molecule has 4 N–H and O–H groups in total. The number of carboxylic acids is 1. The Hall–Kier alpha value is -3.97. The van der Waals surface area contributed by atoms with Crippen molar-refractivity contribution in [3.8, 4) is 5.75 Å². The molecular formula is C24H22N2O5. The fourth-order valence-electron chi connectivity index (χ4n) is 2.97. The van der Waals surface area contributed by atoms with Gasteiger partial charge in [-0.3, -0.25) is 9.79 Å². The molecule has 0 unspecified atom stereocenters. The van der Waals surface area contributed by atoms with Crippen molar-refractivity contribution in [2.24, 2.45) is 4.99 Å². The van der Waals surface area contributed by atoms with Gasteiger partial charge in [-0.15, -0.1) is 0 Å². The molecule has 0 aliphatic rings. The minimum atomic E-state index is -1.46. The average molecular weight is 418 g/mol. The zero-order chi connectivity index (χ0) is 22.2. The molecular weight excluding hydrogens is 396 g/mol. The Bertz CT molecular complexity index is 1060. The molecule has 0 heterocycles. The highest BCUT2D eigenvalue weighted by Crippen LogP contribution is 2.19. The normalized spacial score (nSPS) is 12.9. The van der Waals surface area contributed by atoms with Crippen molar-refractivity contribution in [1.29, 1.82) is 0 Å². The molecule has 0 spiro atoms. The second-order valence-corrected chi connectivity index (χ2v) is 6.90. The molecule has 158 valence electrons. The number of hydrogen-bond donors (Lipinski definition) is 4. The molecule has 0 saturated heterocycles. The minimum absolute atomic E-state index is 0.0469. The van der Waals surface area contributed by atoms with Crippen molar-refractivity contribution in [2.45, 2.75) is 18.6 Å². The number of benzene rings is 3. The number of phenols is 1. The summed E-state index contributed by atoms with van der Waals surface area (Å²) in [5.74, 6) is -1.71. The number of nitrogens with zero attached hydrogens (tertiary/aromatic N) is 1. The predicted octanol–water partition coefficient (Wildman–Crippen LogP) is 2.99. The smallest absolute Gasteiger partial charge is 0.329 e. The Morgan fingerprint density at radius 3 is 2.23 bits per heavy atom. The monoisotopic (exact) mass is 418 g/mol. The molecule has 0 radical (unpaired) electrons. The Balaban J connectivity index is 1.62. The van der Waals surface area contributed by atoms with Crippen LogP contribution in [0.15, 0.2) is 83.9 Å². The van der Waals surface area contributed by atoms with Crippen molar-refractivity contribution >= 4 is 23.8 Å². The van der Waals surface area contributed by atoms with Gasteiger partial charge in [0.1, 0.15) is 11.9 Å². The van der Waals surface area contributed by atoms with Crippen LogP contribution in [0.3, 0.4) is 0 Å². The number of aliphatic imine (C=N–C) groups is 1. The third kappa shape index (κ3) is 6.01. The first-order chi connectivity index (χ1) is 14.9. The van der Waals surface area contributed by atoms with Gasteiger partial charge >= 0.3 is 5.97 Å². The summed E-state index contributed by atoms with van der Waals surface area (Å²) in [7, 11) is 0. The van der Waals surface area contributed by atoms with Crippen LogP contribution in [0.4, 0.5) is 5.69 Å². The summed E-state index contributed by atoms with van der Waals surface area (Å²) in [5.41, 5.74) is 2.29. The Morgan fingerprint density at radius 2 is 1.58 bits per heavy atom. The van der Waals surface area contributed by atoms with Gasteiger partial charge < -0.3 is 20.6 Å². The van der Waals surface area contributed by atoms with Crippen LogP contribution in [0.2, 0.25) is 0 Å². The van der Waals surface area contributed by atoms with Crippen LogP contribution >= 0.6 is 0 Å². The number of hydrogen-bond acceptors (Lipinski definition) is 5. The summed E-state index contributed by atoms with van der Waals surface area (Å²) in [5, 5.41) is 31.9. The average Bonchev–Trinajstić information content (AvgIpc) is 2.78. The molecule has 3 aromatic carbocycles. The number of carboxylic acid groups (broad SMARTS) is 1. The van der Waals surface area contributed by atoms with Gasteiger partial charge in [0.05, 0.1) is 12.1 Å². The highest BCUT2D eigenvalue weighted by atomic mass is 16.4. The third-order valence-corrected chi connectivity index (χ3v) is 4.63. The van der Waals surface area contributed by atoms with E-state index in [1.165, 1.54) is 0 Å². The number of aromatic hydroxyl groups is 1. The minimum Gasteiger partial charge on any atom is -0.507 e. The van der Waals surface area contributed by atoms with Crippen molar-refractivity contribution in [3.05, 3.63) is 95.6 Å². The van der Waals surface area contributed by atoms with Gasteiger partial charge in [-0.25, -0.2) is 4.79 Å². The van der Waals surface area contributed by atoms with Gasteiger partial charge in [0, 0.05) is 11.8 Å². The molecule has 0 bridgehead atoms. The third-order valence-electron chi connectivity index (χ3n) is 4.63. The lowest BCUT2D eigenvalue weighted by atomic mass is 10.0. The summed E-state index contributed by atoms with van der Waals surface area (Å²) >= 11 is 0. The fraction of sp³-hybridized carbons (Fsp3) is 0.125. The zero-order valence-corrected chi connectivity index (χ0v) is 16.6. The van der Waals surface area contributed by atoms with Crippen LogP contribution in [-0.2, 0) is 16.0 Å². The number of aliphatic hydroxyl groups excluding tert-OH is 1. The quantitative estimate of drug-likeness (QED) is 0.419. The molecule has 7 nitrogen and oxygen atoms in total. The van der Waals surface area contributed by atoms with Crippen molar-refractivity contribution < 1.29 is 24.9 Å². The second-order valence-electron chi connectivity index (χ2n) is 6.90. The van der Waals surface area contributed by atoms with Crippen molar-refractivity contribution in [1.82, 2.24) is 5.32 Å². The summed E-state index contributed by atoms with van der Waals surface area (Å²) < 4.78 is 0. The van der Waals surface area contributed by atoms with Crippen molar-refractivity contribution in [3.63, 3.8) is 0 Å². The van der Waals surface area contributed by atoms with E-state index in [4.69, 9.17) is 0 Å². The van der Waals surface area contributed by atoms with E-state index in [-0.39, 0.29) is 12.2 Å². The Morgan fingerprint density at radius 1 is 0.935 bits per heavy atom.